The molecule has 7 heteroatoms. The van der Waals surface area contributed by atoms with E-state index in [1.54, 1.807) is 12.4 Å². The summed E-state index contributed by atoms with van der Waals surface area (Å²) in [6.45, 7) is 6.48. The molecule has 2 N–H and O–H groups in total. The van der Waals surface area contributed by atoms with Crippen molar-refractivity contribution >= 4 is 17.4 Å². The van der Waals surface area contributed by atoms with Crippen molar-refractivity contribution in [1.82, 2.24) is 20.5 Å². The fourth-order valence-electron chi connectivity index (χ4n) is 3.36. The number of hydrogen-bond acceptors (Lipinski definition) is 6. The topological polar surface area (TPSA) is 96.9 Å². The number of carbonyl (C=O) groups is 2. The first kappa shape index (κ1) is 23.2. The van der Waals surface area contributed by atoms with Crippen molar-refractivity contribution in [2.24, 2.45) is 0 Å². The van der Waals surface area contributed by atoms with Crippen LogP contribution < -0.4 is 10.6 Å². The normalized spacial score (nSPS) is 10.7. The fourth-order valence-corrected chi connectivity index (χ4v) is 3.36. The molecular formula is C25H29N5O2. The van der Waals surface area contributed by atoms with E-state index >= 15 is 0 Å². The molecule has 2 heterocycles. The maximum absolute atomic E-state index is 12.6. The number of aryl methyl sites for hydroxylation is 2. The first-order valence-electron chi connectivity index (χ1n) is 10.9. The van der Waals surface area contributed by atoms with Gasteiger partial charge >= 0.3 is 0 Å². The predicted molar refractivity (Wildman–Crippen MR) is 125 cm³/mol. The van der Waals surface area contributed by atoms with Gasteiger partial charge in [0.2, 0.25) is 5.91 Å². The second-order valence-electron chi connectivity index (χ2n) is 7.72. The van der Waals surface area contributed by atoms with Crippen LogP contribution in [0, 0.1) is 6.92 Å². The molecule has 0 fully saturated rings. The van der Waals surface area contributed by atoms with Crippen LogP contribution in [0.4, 0.5) is 5.69 Å². The number of anilines is 1. The number of hydrogen-bond donors (Lipinski definition) is 2. The third-order valence-electron chi connectivity index (χ3n) is 5.01. The van der Waals surface area contributed by atoms with E-state index in [4.69, 9.17) is 0 Å². The van der Waals surface area contributed by atoms with Crippen LogP contribution in [0.25, 0.3) is 11.1 Å². The summed E-state index contributed by atoms with van der Waals surface area (Å²) in [5.41, 5.74) is 5.56. The lowest BCUT2D eigenvalue weighted by Crippen LogP contribution is -2.29. The molecule has 2 aromatic heterocycles. The first-order valence-corrected chi connectivity index (χ1v) is 10.9. The first-order chi connectivity index (χ1) is 15.5. The number of carbonyl (C=O) groups excluding carboxylic acids is 2. The summed E-state index contributed by atoms with van der Waals surface area (Å²) in [5, 5.41) is 13.9. The van der Waals surface area contributed by atoms with Crippen LogP contribution in [0.5, 0.6) is 0 Å². The van der Waals surface area contributed by atoms with Crippen molar-refractivity contribution < 1.29 is 9.59 Å². The number of Topliss-reactive ketones (excluding diaryl/α,β-unsaturated/α-hetero) is 1. The Morgan fingerprint density at radius 1 is 1.03 bits per heavy atom. The quantitative estimate of drug-likeness (QED) is 0.469. The third-order valence-corrected chi connectivity index (χ3v) is 5.01. The molecule has 3 rings (SSSR count). The van der Waals surface area contributed by atoms with Gasteiger partial charge in [-0.25, -0.2) is 0 Å². The summed E-state index contributed by atoms with van der Waals surface area (Å²) in [7, 11) is 0. The molecule has 0 saturated carbocycles. The lowest BCUT2D eigenvalue weighted by Gasteiger charge is -2.13. The largest absolute Gasteiger partial charge is 0.323 e. The second kappa shape index (κ2) is 11.2. The number of nitrogens with one attached hydrogen (secondary N) is 2. The summed E-state index contributed by atoms with van der Waals surface area (Å²) in [6, 6.07) is 11.9. The molecule has 3 aromatic rings. The van der Waals surface area contributed by atoms with E-state index in [-0.39, 0.29) is 18.2 Å². The van der Waals surface area contributed by atoms with Gasteiger partial charge in [-0.15, -0.1) is 0 Å². The van der Waals surface area contributed by atoms with Crippen molar-refractivity contribution in [3.8, 4) is 11.1 Å². The zero-order chi connectivity index (χ0) is 22.9. The molecule has 0 saturated heterocycles. The van der Waals surface area contributed by atoms with Gasteiger partial charge < -0.3 is 10.6 Å². The van der Waals surface area contributed by atoms with E-state index in [9.17, 15) is 9.59 Å². The molecule has 166 valence electrons. The van der Waals surface area contributed by atoms with Gasteiger partial charge in [0.25, 0.3) is 0 Å². The highest BCUT2D eigenvalue weighted by molar-refractivity contribution is 6.04. The van der Waals surface area contributed by atoms with Gasteiger partial charge in [-0.05, 0) is 48.6 Å². The number of rotatable bonds is 10. The fraction of sp³-hybridized carbons (Fsp3) is 0.320. The highest BCUT2D eigenvalue weighted by Gasteiger charge is 2.16. The van der Waals surface area contributed by atoms with E-state index in [0.717, 1.165) is 28.8 Å². The Morgan fingerprint density at radius 3 is 2.62 bits per heavy atom. The Bertz CT molecular complexity index is 1100. The third kappa shape index (κ3) is 6.28. The Morgan fingerprint density at radius 2 is 1.88 bits per heavy atom. The molecule has 1 amide bonds. The zero-order valence-electron chi connectivity index (χ0n) is 18.8. The minimum absolute atomic E-state index is 0.0760. The molecule has 0 spiro atoms. The Kier molecular flexibility index (Phi) is 8.16. The minimum atomic E-state index is -0.252. The monoisotopic (exact) mass is 431 g/mol. The standard InChI is InChI=1S/C25H29N5O2/c1-4-7-23(31)25-22(12-20(14-27-25)19-9-6-8-18(5-2)11-19)29-24(32)16-26-15-21-10-17(3)13-28-30-21/h6,8-14,26H,4-5,7,15-16H2,1-3H3,(H,29,32). The van der Waals surface area contributed by atoms with Gasteiger partial charge in [0.05, 0.1) is 24.1 Å². The van der Waals surface area contributed by atoms with Gasteiger partial charge in [-0.1, -0.05) is 38.1 Å². The lowest BCUT2D eigenvalue weighted by molar-refractivity contribution is -0.115. The SMILES string of the molecule is CCCC(=O)c1ncc(-c2cccc(CC)c2)cc1NC(=O)CNCc1cc(C)cnn1. The van der Waals surface area contributed by atoms with E-state index in [0.29, 0.717) is 30.8 Å². The molecular weight excluding hydrogens is 402 g/mol. The van der Waals surface area contributed by atoms with Crippen LogP contribution in [0.15, 0.2) is 48.8 Å². The average Bonchev–Trinajstić information content (AvgIpc) is 2.79. The molecule has 0 unspecified atom stereocenters. The van der Waals surface area contributed by atoms with Crippen molar-refractivity contribution in [3.05, 3.63) is 71.3 Å². The van der Waals surface area contributed by atoms with Gasteiger partial charge in [0.1, 0.15) is 5.69 Å². The number of aromatic nitrogens is 3. The van der Waals surface area contributed by atoms with Crippen LogP contribution in [0.3, 0.4) is 0 Å². The number of ketones is 1. The average molecular weight is 432 g/mol. The molecule has 32 heavy (non-hydrogen) atoms. The summed E-state index contributed by atoms with van der Waals surface area (Å²) in [4.78, 5) is 29.6. The van der Waals surface area contributed by atoms with Crippen LogP contribution >= 0.6 is 0 Å². The molecule has 0 aliphatic carbocycles. The summed E-state index contributed by atoms with van der Waals surface area (Å²) < 4.78 is 0. The smallest absolute Gasteiger partial charge is 0.238 e. The summed E-state index contributed by atoms with van der Waals surface area (Å²) in [5.74, 6) is -0.336. The molecule has 0 aliphatic heterocycles. The van der Waals surface area contributed by atoms with E-state index < -0.39 is 0 Å². The lowest BCUT2D eigenvalue weighted by atomic mass is 10.0. The molecule has 1 aromatic carbocycles. The highest BCUT2D eigenvalue weighted by atomic mass is 16.2. The van der Waals surface area contributed by atoms with E-state index in [1.165, 1.54) is 5.56 Å². The number of nitrogens with zero attached hydrogens (tertiary/aromatic N) is 3. The molecule has 0 radical (unpaired) electrons. The zero-order valence-corrected chi connectivity index (χ0v) is 18.8. The highest BCUT2D eigenvalue weighted by Crippen LogP contribution is 2.26. The molecule has 0 atom stereocenters. The van der Waals surface area contributed by atoms with Crippen LogP contribution in [-0.2, 0) is 17.8 Å². The van der Waals surface area contributed by atoms with E-state index in [1.807, 2.05) is 38.1 Å². The van der Waals surface area contributed by atoms with Crippen molar-refractivity contribution in [2.45, 2.75) is 46.6 Å². The van der Waals surface area contributed by atoms with Gasteiger partial charge in [0, 0.05) is 24.7 Å². The van der Waals surface area contributed by atoms with Gasteiger partial charge in [-0.2, -0.15) is 10.2 Å². The van der Waals surface area contributed by atoms with Gasteiger partial charge in [-0.3, -0.25) is 14.6 Å². The maximum Gasteiger partial charge on any atom is 0.238 e. The Labute approximate surface area is 188 Å². The Balaban J connectivity index is 1.76. The number of pyridine rings is 1. The van der Waals surface area contributed by atoms with E-state index in [2.05, 4.69) is 44.9 Å². The Hall–Kier alpha value is -3.45. The second-order valence-corrected chi connectivity index (χ2v) is 7.72. The van der Waals surface area contributed by atoms with Crippen molar-refractivity contribution in [3.63, 3.8) is 0 Å². The summed E-state index contributed by atoms with van der Waals surface area (Å²) in [6.07, 6.45) is 5.40. The summed E-state index contributed by atoms with van der Waals surface area (Å²) >= 11 is 0. The van der Waals surface area contributed by atoms with Crippen LogP contribution in [0.2, 0.25) is 0 Å². The van der Waals surface area contributed by atoms with Crippen LogP contribution in [-0.4, -0.2) is 33.4 Å². The van der Waals surface area contributed by atoms with Crippen molar-refractivity contribution in [2.75, 3.05) is 11.9 Å². The van der Waals surface area contributed by atoms with Gasteiger partial charge in [0.15, 0.2) is 5.78 Å². The number of benzene rings is 1. The minimum Gasteiger partial charge on any atom is -0.323 e. The maximum atomic E-state index is 12.6. The molecule has 0 aliphatic rings. The number of amides is 1. The predicted octanol–water partition coefficient (Wildman–Crippen LogP) is 4.12. The molecule has 0 bridgehead atoms. The molecule has 7 nitrogen and oxygen atoms in total. The van der Waals surface area contributed by atoms with Crippen molar-refractivity contribution in [1.29, 1.82) is 0 Å². The van der Waals surface area contributed by atoms with Crippen LogP contribution in [0.1, 0.15) is 54.0 Å².